The molecule has 5 nitrogen and oxygen atoms in total. The molecule has 2 N–H and O–H groups in total. The smallest absolute Gasteiger partial charge is 0.226 e. The normalized spacial score (nSPS) is 14.3. The predicted octanol–water partition coefficient (Wildman–Crippen LogP) is 4.47. The third kappa shape index (κ3) is 9.50. The third-order valence-electron chi connectivity index (χ3n) is 7.02. The zero-order valence-electron chi connectivity index (χ0n) is 20.8. The van der Waals surface area contributed by atoms with E-state index in [0.29, 0.717) is 31.3 Å². The van der Waals surface area contributed by atoms with Gasteiger partial charge in [0.05, 0.1) is 0 Å². The van der Waals surface area contributed by atoms with Crippen LogP contribution in [0, 0.1) is 22.7 Å². The zero-order chi connectivity index (χ0) is 22.7. The van der Waals surface area contributed by atoms with Crippen LogP contribution < -0.4 is 10.6 Å². The SMILES string of the molecule is CCC(C)(C(C)C)C(C)(C)C(=O)NCCCCC(=O)NCCN(C)CCC(C)C. The maximum atomic E-state index is 12.8. The van der Waals surface area contributed by atoms with E-state index in [1.807, 2.05) is 0 Å². The molecule has 0 aromatic carbocycles. The van der Waals surface area contributed by atoms with E-state index in [0.717, 1.165) is 32.4 Å². The monoisotopic (exact) mass is 411 g/mol. The first-order chi connectivity index (χ1) is 13.4. The first-order valence-corrected chi connectivity index (χ1v) is 11.6. The molecule has 5 heteroatoms. The average molecular weight is 412 g/mol. The second-order valence-electron chi connectivity index (χ2n) is 10.1. The van der Waals surface area contributed by atoms with Crippen molar-refractivity contribution < 1.29 is 9.59 Å². The van der Waals surface area contributed by atoms with E-state index in [1.165, 1.54) is 6.42 Å². The zero-order valence-corrected chi connectivity index (χ0v) is 20.8. The Morgan fingerprint density at radius 3 is 2.07 bits per heavy atom. The molecule has 0 saturated heterocycles. The fourth-order valence-corrected chi connectivity index (χ4v) is 3.73. The standard InChI is InChI=1S/C24H49N3O2/c1-10-24(8,20(4)5)23(6,7)22(29)26-15-12-11-13-21(28)25-16-18-27(9)17-14-19(2)3/h19-20H,10-18H2,1-9H3,(H,25,28)(H,26,29). The van der Waals surface area contributed by atoms with E-state index in [9.17, 15) is 9.59 Å². The van der Waals surface area contributed by atoms with Gasteiger partial charge in [0, 0.05) is 31.5 Å². The molecule has 0 aromatic heterocycles. The summed E-state index contributed by atoms with van der Waals surface area (Å²) in [5, 5.41) is 6.09. The molecule has 0 bridgehead atoms. The second-order valence-corrected chi connectivity index (χ2v) is 10.1. The van der Waals surface area contributed by atoms with E-state index in [4.69, 9.17) is 0 Å². The van der Waals surface area contributed by atoms with Gasteiger partial charge in [-0.25, -0.2) is 0 Å². The van der Waals surface area contributed by atoms with Crippen molar-refractivity contribution in [2.24, 2.45) is 22.7 Å². The van der Waals surface area contributed by atoms with Crippen molar-refractivity contribution in [2.75, 3.05) is 33.2 Å². The third-order valence-corrected chi connectivity index (χ3v) is 7.02. The Balaban J connectivity index is 4.06. The number of nitrogens with zero attached hydrogens (tertiary/aromatic N) is 1. The number of nitrogens with one attached hydrogen (secondary N) is 2. The summed E-state index contributed by atoms with van der Waals surface area (Å²) in [6.07, 6.45) is 4.30. The van der Waals surface area contributed by atoms with E-state index < -0.39 is 5.41 Å². The molecule has 0 aliphatic heterocycles. The van der Waals surface area contributed by atoms with Crippen molar-refractivity contribution in [1.29, 1.82) is 0 Å². The van der Waals surface area contributed by atoms with Crippen molar-refractivity contribution in [3.05, 3.63) is 0 Å². The molecular weight excluding hydrogens is 362 g/mol. The highest BCUT2D eigenvalue weighted by Gasteiger charge is 2.46. The summed E-state index contributed by atoms with van der Waals surface area (Å²) in [7, 11) is 2.10. The quantitative estimate of drug-likeness (QED) is 0.391. The van der Waals surface area contributed by atoms with Crippen LogP contribution in [-0.4, -0.2) is 49.9 Å². The van der Waals surface area contributed by atoms with Crippen LogP contribution in [0.25, 0.3) is 0 Å². The number of carbonyl (C=O) groups is 2. The Labute approximate surface area is 180 Å². The molecule has 1 atom stereocenters. The molecule has 0 radical (unpaired) electrons. The topological polar surface area (TPSA) is 61.4 Å². The largest absolute Gasteiger partial charge is 0.356 e. The summed E-state index contributed by atoms with van der Waals surface area (Å²) in [5.41, 5.74) is -0.464. The van der Waals surface area contributed by atoms with Crippen LogP contribution in [0.4, 0.5) is 0 Å². The predicted molar refractivity (Wildman–Crippen MR) is 124 cm³/mol. The maximum Gasteiger partial charge on any atom is 0.226 e. The Hall–Kier alpha value is -1.10. The number of hydrogen-bond donors (Lipinski definition) is 2. The van der Waals surface area contributed by atoms with E-state index >= 15 is 0 Å². The Morgan fingerprint density at radius 2 is 1.55 bits per heavy atom. The highest BCUT2D eigenvalue weighted by atomic mass is 16.2. The Bertz CT molecular complexity index is 489. The lowest BCUT2D eigenvalue weighted by Gasteiger charge is -2.46. The van der Waals surface area contributed by atoms with E-state index in [2.05, 4.69) is 78.0 Å². The van der Waals surface area contributed by atoms with Crippen molar-refractivity contribution in [2.45, 2.75) is 87.5 Å². The molecule has 0 rings (SSSR count). The second kappa shape index (κ2) is 13.3. The van der Waals surface area contributed by atoms with Gasteiger partial charge in [0.1, 0.15) is 0 Å². The van der Waals surface area contributed by atoms with Gasteiger partial charge in [0.15, 0.2) is 0 Å². The van der Waals surface area contributed by atoms with Gasteiger partial charge >= 0.3 is 0 Å². The molecule has 0 saturated carbocycles. The summed E-state index contributed by atoms with van der Waals surface area (Å²) in [6.45, 7) is 20.6. The van der Waals surface area contributed by atoms with Gasteiger partial charge in [0.25, 0.3) is 0 Å². The first-order valence-electron chi connectivity index (χ1n) is 11.6. The summed E-state index contributed by atoms with van der Waals surface area (Å²) >= 11 is 0. The van der Waals surface area contributed by atoms with Crippen LogP contribution >= 0.6 is 0 Å². The van der Waals surface area contributed by atoms with Crippen LogP contribution in [0.1, 0.15) is 87.5 Å². The molecular formula is C24H49N3O2. The molecule has 0 aromatic rings. The van der Waals surface area contributed by atoms with Gasteiger partial charge in [-0.1, -0.05) is 55.4 Å². The fourth-order valence-electron chi connectivity index (χ4n) is 3.73. The molecule has 0 aliphatic rings. The minimum absolute atomic E-state index is 0.0424. The van der Waals surface area contributed by atoms with Crippen molar-refractivity contribution >= 4 is 11.8 Å². The number of likely N-dealkylation sites (N-methyl/N-ethyl adjacent to an activating group) is 1. The van der Waals surface area contributed by atoms with Crippen LogP contribution in [0.15, 0.2) is 0 Å². The average Bonchev–Trinajstić information content (AvgIpc) is 2.64. The molecule has 29 heavy (non-hydrogen) atoms. The van der Waals surface area contributed by atoms with Crippen LogP contribution in [0.3, 0.4) is 0 Å². The van der Waals surface area contributed by atoms with Crippen molar-refractivity contribution in [3.8, 4) is 0 Å². The lowest BCUT2D eigenvalue weighted by molar-refractivity contribution is -0.139. The van der Waals surface area contributed by atoms with Crippen molar-refractivity contribution in [3.63, 3.8) is 0 Å². The van der Waals surface area contributed by atoms with E-state index in [1.54, 1.807) is 0 Å². The summed E-state index contributed by atoms with van der Waals surface area (Å²) in [6, 6.07) is 0. The van der Waals surface area contributed by atoms with Gasteiger partial charge in [-0.05, 0) is 56.5 Å². The summed E-state index contributed by atoms with van der Waals surface area (Å²) < 4.78 is 0. The van der Waals surface area contributed by atoms with Gasteiger partial charge in [0.2, 0.25) is 11.8 Å². The highest BCUT2D eigenvalue weighted by molar-refractivity contribution is 5.82. The van der Waals surface area contributed by atoms with Gasteiger partial charge < -0.3 is 15.5 Å². The van der Waals surface area contributed by atoms with Crippen molar-refractivity contribution in [1.82, 2.24) is 15.5 Å². The minimum atomic E-state index is -0.422. The molecule has 0 heterocycles. The van der Waals surface area contributed by atoms with Gasteiger partial charge in [-0.3, -0.25) is 9.59 Å². The van der Waals surface area contributed by atoms with Crippen LogP contribution in [-0.2, 0) is 9.59 Å². The lowest BCUT2D eigenvalue weighted by atomic mass is 9.59. The number of carbonyl (C=O) groups excluding carboxylic acids is 2. The van der Waals surface area contributed by atoms with Crippen LogP contribution in [0.5, 0.6) is 0 Å². The molecule has 0 fully saturated rings. The molecule has 0 aliphatic carbocycles. The maximum absolute atomic E-state index is 12.8. The number of hydrogen-bond acceptors (Lipinski definition) is 3. The molecule has 2 amide bonds. The number of unbranched alkanes of at least 4 members (excludes halogenated alkanes) is 1. The molecule has 172 valence electrons. The first kappa shape index (κ1) is 27.9. The Kier molecular flexibility index (Phi) is 12.7. The molecule has 0 spiro atoms. The Morgan fingerprint density at radius 1 is 0.931 bits per heavy atom. The number of rotatable bonds is 15. The minimum Gasteiger partial charge on any atom is -0.356 e. The van der Waals surface area contributed by atoms with E-state index in [-0.39, 0.29) is 17.2 Å². The highest BCUT2D eigenvalue weighted by Crippen LogP contribution is 2.47. The summed E-state index contributed by atoms with van der Waals surface area (Å²) in [5.74, 6) is 1.36. The molecule has 1 unspecified atom stereocenters. The number of amides is 2. The van der Waals surface area contributed by atoms with Gasteiger partial charge in [-0.15, -0.1) is 0 Å². The van der Waals surface area contributed by atoms with Crippen LogP contribution in [0.2, 0.25) is 0 Å². The fraction of sp³-hybridized carbons (Fsp3) is 0.917. The summed E-state index contributed by atoms with van der Waals surface area (Å²) in [4.78, 5) is 27.0. The lowest BCUT2D eigenvalue weighted by Crippen LogP contribution is -2.50. The van der Waals surface area contributed by atoms with Gasteiger partial charge in [-0.2, -0.15) is 0 Å².